The normalized spacial score (nSPS) is 43.9. The first kappa shape index (κ1) is 25.3. The van der Waals surface area contributed by atoms with Crippen molar-refractivity contribution in [3.63, 3.8) is 0 Å². The van der Waals surface area contributed by atoms with Gasteiger partial charge in [0.25, 0.3) is 0 Å². The summed E-state index contributed by atoms with van der Waals surface area (Å²) in [5.74, 6) is 0.839. The van der Waals surface area contributed by atoms with E-state index in [1.165, 1.54) is 12.8 Å². The Morgan fingerprint density at radius 1 is 1.12 bits per heavy atom. The van der Waals surface area contributed by atoms with Gasteiger partial charge in [-0.1, -0.05) is 28.8 Å². The number of halogens is 1. The number of hydrogen-bond acceptors (Lipinski definition) is 8. The average Bonchev–Trinajstić information content (AvgIpc) is 3.24. The summed E-state index contributed by atoms with van der Waals surface area (Å²) in [7, 11) is 2.19. The van der Waals surface area contributed by atoms with Crippen molar-refractivity contribution in [1.29, 1.82) is 0 Å². The number of nitrogens with one attached hydrogen (secondary N) is 6. The lowest BCUT2D eigenvalue weighted by molar-refractivity contribution is -0.130. The van der Waals surface area contributed by atoms with Crippen LogP contribution >= 0.6 is 15.9 Å². The molecule has 34 heavy (non-hydrogen) atoms. The molecule has 0 radical (unpaired) electrons. The average molecular weight is 543 g/mol. The molecule has 6 N–H and O–H groups in total. The first-order valence-corrected chi connectivity index (χ1v) is 14.5. The van der Waals surface area contributed by atoms with Crippen molar-refractivity contribution in [2.24, 2.45) is 11.8 Å². The van der Waals surface area contributed by atoms with Crippen LogP contribution in [0.2, 0.25) is 0 Å². The van der Waals surface area contributed by atoms with Crippen LogP contribution in [-0.2, 0) is 9.53 Å². The van der Waals surface area contributed by atoms with Gasteiger partial charge in [-0.2, -0.15) is 0 Å². The van der Waals surface area contributed by atoms with Gasteiger partial charge in [-0.25, -0.2) is 10.9 Å². The fraction of sp³-hybridized carbons (Fsp3) is 0.958. The first-order chi connectivity index (χ1) is 16.6. The highest BCUT2D eigenvalue weighted by Crippen LogP contribution is 2.37. The van der Waals surface area contributed by atoms with Crippen LogP contribution in [0, 0.1) is 11.8 Å². The number of rotatable bonds is 6. The van der Waals surface area contributed by atoms with Crippen LogP contribution in [0.1, 0.15) is 57.8 Å². The molecule has 3 aliphatic heterocycles. The van der Waals surface area contributed by atoms with Gasteiger partial charge in [0.05, 0.1) is 18.4 Å². The van der Waals surface area contributed by atoms with E-state index in [1.807, 2.05) is 0 Å². The van der Waals surface area contributed by atoms with Crippen LogP contribution in [-0.4, -0.2) is 85.6 Å². The molecule has 2 aliphatic carbocycles. The second-order valence-electron chi connectivity index (χ2n) is 11.0. The van der Waals surface area contributed by atoms with Gasteiger partial charge in [-0.05, 0) is 58.5 Å². The molecular formula is C24H44BrN7O2. The summed E-state index contributed by atoms with van der Waals surface area (Å²) in [4.78, 5) is 16.1. The molecule has 0 bridgehead atoms. The van der Waals surface area contributed by atoms with E-state index in [9.17, 15) is 4.79 Å². The van der Waals surface area contributed by atoms with E-state index in [4.69, 9.17) is 4.74 Å². The Morgan fingerprint density at radius 2 is 2.00 bits per heavy atom. The fourth-order valence-electron chi connectivity index (χ4n) is 6.80. The van der Waals surface area contributed by atoms with Crippen molar-refractivity contribution >= 4 is 21.8 Å². The maximum absolute atomic E-state index is 13.3. The van der Waals surface area contributed by atoms with E-state index in [0.717, 1.165) is 71.3 Å². The molecule has 10 heteroatoms. The minimum absolute atomic E-state index is 0.120. The first-order valence-electron chi connectivity index (χ1n) is 13.6. The SMILES string of the molecule is CN1C(CNC2CCCC(C(=O)N[C@@H]3CCOC4C(Br)CCCC43)C2)NNC1C1CCNCN1. The van der Waals surface area contributed by atoms with Gasteiger partial charge in [-0.3, -0.25) is 15.0 Å². The summed E-state index contributed by atoms with van der Waals surface area (Å²) in [5, 5.41) is 14.2. The lowest BCUT2D eigenvalue weighted by Gasteiger charge is -2.44. The summed E-state index contributed by atoms with van der Waals surface area (Å²) in [6.07, 6.45) is 10.6. The molecule has 5 fully saturated rings. The number of hydrogen-bond donors (Lipinski definition) is 6. The van der Waals surface area contributed by atoms with Crippen LogP contribution in [0.4, 0.5) is 0 Å². The molecule has 9 nitrogen and oxygen atoms in total. The summed E-state index contributed by atoms with van der Waals surface area (Å²) < 4.78 is 6.07. The number of fused-ring (bicyclic) bond motifs is 1. The quantitative estimate of drug-likeness (QED) is 0.271. The number of ether oxygens (including phenoxy) is 1. The van der Waals surface area contributed by atoms with Gasteiger partial charge in [0, 0.05) is 54.6 Å². The topological polar surface area (TPSA) is 102 Å². The van der Waals surface area contributed by atoms with E-state index in [-0.39, 0.29) is 30.1 Å². The van der Waals surface area contributed by atoms with Crippen molar-refractivity contribution in [1.82, 2.24) is 37.0 Å². The molecule has 8 unspecified atom stereocenters. The van der Waals surface area contributed by atoms with Crippen LogP contribution in [0.5, 0.6) is 0 Å². The smallest absolute Gasteiger partial charge is 0.223 e. The molecule has 1 amide bonds. The van der Waals surface area contributed by atoms with Gasteiger partial charge in [0.15, 0.2) is 0 Å². The van der Waals surface area contributed by atoms with Crippen molar-refractivity contribution in [2.75, 3.05) is 33.4 Å². The number of alkyl halides is 1. The summed E-state index contributed by atoms with van der Waals surface area (Å²) >= 11 is 3.82. The van der Waals surface area contributed by atoms with Crippen LogP contribution < -0.4 is 32.1 Å². The molecular weight excluding hydrogens is 498 g/mol. The van der Waals surface area contributed by atoms with Gasteiger partial charge in [0.2, 0.25) is 5.91 Å². The van der Waals surface area contributed by atoms with Gasteiger partial charge in [0.1, 0.15) is 0 Å². The fourth-order valence-corrected chi connectivity index (χ4v) is 7.67. The Bertz CT molecular complexity index is 682. The Balaban J connectivity index is 1.08. The summed E-state index contributed by atoms with van der Waals surface area (Å²) in [5.41, 5.74) is 6.95. The minimum Gasteiger partial charge on any atom is -0.377 e. The van der Waals surface area contributed by atoms with E-state index in [2.05, 4.69) is 60.0 Å². The van der Waals surface area contributed by atoms with Crippen molar-refractivity contribution < 1.29 is 9.53 Å². The third-order valence-corrected chi connectivity index (χ3v) is 9.83. The molecule has 3 saturated heterocycles. The molecule has 0 aromatic carbocycles. The number of carbonyl (C=O) groups is 1. The maximum atomic E-state index is 13.3. The Hall–Kier alpha value is -0.330. The molecule has 194 valence electrons. The Morgan fingerprint density at radius 3 is 2.85 bits per heavy atom. The van der Waals surface area contributed by atoms with E-state index < -0.39 is 0 Å². The zero-order chi connectivity index (χ0) is 23.5. The van der Waals surface area contributed by atoms with Crippen molar-refractivity contribution in [2.45, 2.75) is 99.2 Å². The zero-order valence-corrected chi connectivity index (χ0v) is 22.1. The van der Waals surface area contributed by atoms with Gasteiger partial charge in [-0.15, -0.1) is 0 Å². The predicted octanol–water partition coefficient (Wildman–Crippen LogP) is 0.573. The predicted molar refractivity (Wildman–Crippen MR) is 136 cm³/mol. The van der Waals surface area contributed by atoms with Crippen LogP contribution in [0.3, 0.4) is 0 Å². The highest BCUT2D eigenvalue weighted by molar-refractivity contribution is 9.09. The molecule has 2 saturated carbocycles. The molecule has 0 aromatic heterocycles. The zero-order valence-electron chi connectivity index (χ0n) is 20.5. The van der Waals surface area contributed by atoms with Crippen LogP contribution in [0.15, 0.2) is 0 Å². The molecule has 5 aliphatic rings. The van der Waals surface area contributed by atoms with Crippen molar-refractivity contribution in [3.05, 3.63) is 0 Å². The van der Waals surface area contributed by atoms with E-state index >= 15 is 0 Å². The Kier molecular flexibility index (Phi) is 8.80. The number of hydrazine groups is 1. The maximum Gasteiger partial charge on any atom is 0.223 e. The molecule has 9 atom stereocenters. The molecule has 0 aromatic rings. The minimum atomic E-state index is 0.120. The van der Waals surface area contributed by atoms with Crippen LogP contribution in [0.25, 0.3) is 0 Å². The molecule has 3 heterocycles. The number of likely N-dealkylation sites (N-methyl/N-ethyl adjacent to an activating group) is 1. The standard InChI is InChI=1S/C24H44BrN7O2/c1-32-21(30-31-23(32)20-8-10-26-14-28-20)13-27-16-5-2-4-15(12-16)24(33)29-19-9-11-34-22-17(19)6-3-7-18(22)25/h15-23,26-28,30-31H,2-14H2,1H3,(H,29,33)/t15?,16?,17?,18?,19-,20?,21?,22?,23?/m1/s1. The second-order valence-corrected chi connectivity index (χ2v) is 12.2. The van der Waals surface area contributed by atoms with Crippen molar-refractivity contribution in [3.8, 4) is 0 Å². The summed E-state index contributed by atoms with van der Waals surface area (Å²) in [6, 6.07) is 1.11. The third-order valence-electron chi connectivity index (χ3n) is 8.86. The highest BCUT2D eigenvalue weighted by Gasteiger charge is 2.42. The Labute approximate surface area is 212 Å². The third kappa shape index (κ3) is 5.80. The number of carbonyl (C=O) groups excluding carboxylic acids is 1. The largest absolute Gasteiger partial charge is 0.377 e. The number of amides is 1. The van der Waals surface area contributed by atoms with Gasteiger partial charge >= 0.3 is 0 Å². The lowest BCUT2D eigenvalue weighted by Crippen LogP contribution is -2.58. The monoisotopic (exact) mass is 541 g/mol. The second kappa shape index (κ2) is 11.8. The lowest BCUT2D eigenvalue weighted by atomic mass is 9.78. The van der Waals surface area contributed by atoms with Gasteiger partial charge < -0.3 is 20.7 Å². The van der Waals surface area contributed by atoms with E-state index in [0.29, 0.717) is 29.0 Å². The number of nitrogens with zero attached hydrogens (tertiary/aromatic N) is 1. The summed E-state index contributed by atoms with van der Waals surface area (Å²) in [6.45, 7) is 3.56. The molecule has 5 rings (SSSR count). The highest BCUT2D eigenvalue weighted by atomic mass is 79.9. The molecule has 0 spiro atoms. The van der Waals surface area contributed by atoms with E-state index in [1.54, 1.807) is 0 Å².